The normalized spacial score (nSPS) is 12.0. The van der Waals surface area contributed by atoms with Gasteiger partial charge in [-0.1, -0.05) is 48.5 Å². The molecule has 2 aromatic heterocycles. The Bertz CT molecular complexity index is 1280. The molecule has 1 atom stereocenters. The zero-order valence-corrected chi connectivity index (χ0v) is 19.7. The van der Waals surface area contributed by atoms with Crippen LogP contribution in [0.5, 0.6) is 5.75 Å². The highest BCUT2D eigenvalue weighted by atomic mass is 35.5. The number of thioether (sulfide) groups is 1. The molecule has 0 unspecified atom stereocenters. The lowest BCUT2D eigenvalue weighted by Gasteiger charge is -2.20. The quantitative estimate of drug-likeness (QED) is 0.305. The smallest absolute Gasteiger partial charge is 0.247 e. The van der Waals surface area contributed by atoms with Gasteiger partial charge in [-0.2, -0.15) is 0 Å². The molecule has 0 spiro atoms. The van der Waals surface area contributed by atoms with Crippen LogP contribution >= 0.6 is 23.4 Å². The van der Waals surface area contributed by atoms with Crippen molar-refractivity contribution in [1.29, 1.82) is 0 Å². The van der Waals surface area contributed by atoms with E-state index in [2.05, 4.69) is 10.3 Å². The van der Waals surface area contributed by atoms with Crippen molar-refractivity contribution in [3.05, 3.63) is 77.3 Å². The fourth-order valence-corrected chi connectivity index (χ4v) is 4.98. The predicted molar refractivity (Wildman–Crippen MR) is 129 cm³/mol. The average Bonchev–Trinajstić information content (AvgIpc) is 3.18. The molecule has 0 saturated heterocycles. The highest BCUT2D eigenvalue weighted by Gasteiger charge is 2.26. The topological polar surface area (TPSA) is 69.0 Å². The number of aromatic nitrogens is 3. The number of hydrogen-bond acceptors (Lipinski definition) is 5. The minimum atomic E-state index is -0.567. The maximum absolute atomic E-state index is 14.3. The van der Waals surface area contributed by atoms with E-state index >= 15 is 0 Å². The van der Waals surface area contributed by atoms with E-state index in [0.717, 1.165) is 5.52 Å². The molecular weight excluding hydrogens is 463 g/mol. The summed E-state index contributed by atoms with van der Waals surface area (Å²) in [5, 5.41) is 3.90. The molecule has 0 saturated carbocycles. The molecule has 170 valence electrons. The van der Waals surface area contributed by atoms with Crippen LogP contribution in [0.25, 0.3) is 11.0 Å². The molecule has 0 aliphatic heterocycles. The second-order valence-corrected chi connectivity index (χ2v) is 8.58. The number of para-hydroxylation sites is 2. The van der Waals surface area contributed by atoms with Gasteiger partial charge < -0.3 is 14.6 Å². The van der Waals surface area contributed by atoms with Crippen molar-refractivity contribution in [1.82, 2.24) is 14.5 Å². The van der Waals surface area contributed by atoms with Crippen molar-refractivity contribution < 1.29 is 13.9 Å². The van der Waals surface area contributed by atoms with Gasteiger partial charge in [0.15, 0.2) is 5.16 Å². The van der Waals surface area contributed by atoms with E-state index < -0.39 is 6.04 Å². The minimum Gasteiger partial charge on any atom is -0.495 e. The molecule has 2 heterocycles. The third kappa shape index (κ3) is 4.82. The Morgan fingerprint density at radius 3 is 2.82 bits per heavy atom. The van der Waals surface area contributed by atoms with Crippen LogP contribution in [-0.4, -0.2) is 27.6 Å². The van der Waals surface area contributed by atoms with Crippen LogP contribution in [-0.2, 0) is 10.5 Å². The van der Waals surface area contributed by atoms with E-state index in [1.54, 1.807) is 49.8 Å². The number of rotatable bonds is 8. The summed E-state index contributed by atoms with van der Waals surface area (Å²) >= 11 is 7.53. The Labute approximate surface area is 200 Å². The van der Waals surface area contributed by atoms with Gasteiger partial charge in [-0.05, 0) is 36.8 Å². The number of halogens is 2. The molecule has 1 N–H and O–H groups in total. The van der Waals surface area contributed by atoms with Gasteiger partial charge in [0.25, 0.3) is 0 Å². The first-order chi connectivity index (χ1) is 16.0. The van der Waals surface area contributed by atoms with Gasteiger partial charge in [0.2, 0.25) is 5.91 Å². The maximum Gasteiger partial charge on any atom is 0.247 e. The van der Waals surface area contributed by atoms with Crippen LogP contribution < -0.4 is 10.1 Å². The van der Waals surface area contributed by atoms with E-state index in [1.807, 2.05) is 23.6 Å². The Kier molecular flexibility index (Phi) is 7.15. The lowest BCUT2D eigenvalue weighted by atomic mass is 10.2. The standard InChI is InChI=1S/C24H22ClFN4O2S/c1-3-20(23(31)28-19-9-4-5-10-22(19)32-2)30-21-13-27-12-11-18(21)29-24(30)33-14-15-16(25)7-6-8-17(15)26/h4-13,20H,3,14H2,1-2H3,(H,28,31)/t20-/m0/s1. The molecule has 2 aromatic carbocycles. The summed E-state index contributed by atoms with van der Waals surface area (Å²) in [7, 11) is 1.56. The number of benzene rings is 2. The summed E-state index contributed by atoms with van der Waals surface area (Å²) in [6.07, 6.45) is 3.84. The SMILES string of the molecule is CC[C@@H](C(=O)Nc1ccccc1OC)n1c(SCc2c(F)cccc2Cl)nc2ccncc21. The molecule has 0 fully saturated rings. The number of fused-ring (bicyclic) bond motifs is 1. The Morgan fingerprint density at radius 1 is 1.24 bits per heavy atom. The van der Waals surface area contributed by atoms with Gasteiger partial charge in [0.1, 0.15) is 17.6 Å². The van der Waals surface area contributed by atoms with Crippen molar-refractivity contribution in [2.24, 2.45) is 0 Å². The highest BCUT2D eigenvalue weighted by molar-refractivity contribution is 7.98. The number of anilines is 1. The first kappa shape index (κ1) is 23.1. The van der Waals surface area contributed by atoms with Crippen LogP contribution in [0.4, 0.5) is 10.1 Å². The second kappa shape index (κ2) is 10.2. The van der Waals surface area contributed by atoms with Gasteiger partial charge in [0, 0.05) is 22.5 Å². The molecule has 1 amide bonds. The predicted octanol–water partition coefficient (Wildman–Crippen LogP) is 6.11. The van der Waals surface area contributed by atoms with Crippen molar-refractivity contribution >= 4 is 46.0 Å². The largest absolute Gasteiger partial charge is 0.495 e. The molecular formula is C24H22ClFN4O2S. The van der Waals surface area contributed by atoms with Crippen molar-refractivity contribution in [2.75, 3.05) is 12.4 Å². The van der Waals surface area contributed by atoms with Crippen molar-refractivity contribution in [3.8, 4) is 5.75 Å². The summed E-state index contributed by atoms with van der Waals surface area (Å²) in [6, 6.07) is 13.1. The zero-order valence-electron chi connectivity index (χ0n) is 18.1. The second-order valence-electron chi connectivity index (χ2n) is 7.23. The van der Waals surface area contributed by atoms with E-state index in [9.17, 15) is 9.18 Å². The number of carbonyl (C=O) groups excluding carboxylic acids is 1. The van der Waals surface area contributed by atoms with Gasteiger partial charge in [-0.3, -0.25) is 9.78 Å². The molecule has 0 aliphatic carbocycles. The van der Waals surface area contributed by atoms with Crippen LogP contribution in [0.3, 0.4) is 0 Å². The third-order valence-corrected chi connectivity index (χ3v) is 6.57. The summed E-state index contributed by atoms with van der Waals surface area (Å²) in [5.74, 6) is 0.255. The summed E-state index contributed by atoms with van der Waals surface area (Å²) in [6.45, 7) is 1.93. The molecule has 9 heteroatoms. The highest BCUT2D eigenvalue weighted by Crippen LogP contribution is 2.34. The van der Waals surface area contributed by atoms with Crippen LogP contribution in [0.2, 0.25) is 5.02 Å². The summed E-state index contributed by atoms with van der Waals surface area (Å²) < 4.78 is 21.5. The summed E-state index contributed by atoms with van der Waals surface area (Å²) in [4.78, 5) is 22.3. The Morgan fingerprint density at radius 2 is 2.06 bits per heavy atom. The number of carbonyl (C=O) groups is 1. The number of amides is 1. The lowest BCUT2D eigenvalue weighted by Crippen LogP contribution is -2.26. The van der Waals surface area contributed by atoms with Gasteiger partial charge in [-0.15, -0.1) is 0 Å². The molecule has 6 nitrogen and oxygen atoms in total. The van der Waals surface area contributed by atoms with E-state index in [0.29, 0.717) is 39.1 Å². The molecule has 4 rings (SSSR count). The Hall–Kier alpha value is -3.10. The number of ether oxygens (including phenoxy) is 1. The number of methoxy groups -OCH3 is 1. The molecule has 0 bridgehead atoms. The molecule has 0 aliphatic rings. The number of pyridine rings is 1. The van der Waals surface area contributed by atoms with Gasteiger partial charge in [0.05, 0.1) is 30.0 Å². The fraction of sp³-hybridized carbons (Fsp3) is 0.208. The monoisotopic (exact) mass is 484 g/mol. The molecule has 4 aromatic rings. The number of nitrogens with zero attached hydrogens (tertiary/aromatic N) is 3. The third-order valence-electron chi connectivity index (χ3n) is 5.23. The van der Waals surface area contributed by atoms with Crippen LogP contribution in [0.15, 0.2) is 66.1 Å². The first-order valence-corrected chi connectivity index (χ1v) is 11.7. The lowest BCUT2D eigenvalue weighted by molar-refractivity contribution is -0.119. The number of nitrogens with one attached hydrogen (secondary N) is 1. The maximum atomic E-state index is 14.3. The Balaban J connectivity index is 1.69. The van der Waals surface area contributed by atoms with Gasteiger partial charge >= 0.3 is 0 Å². The first-order valence-electron chi connectivity index (χ1n) is 10.3. The van der Waals surface area contributed by atoms with E-state index in [-0.39, 0.29) is 17.5 Å². The number of imidazole rings is 1. The molecule has 0 radical (unpaired) electrons. The minimum absolute atomic E-state index is 0.212. The van der Waals surface area contributed by atoms with Crippen molar-refractivity contribution in [2.45, 2.75) is 30.3 Å². The van der Waals surface area contributed by atoms with Gasteiger partial charge in [-0.25, -0.2) is 9.37 Å². The van der Waals surface area contributed by atoms with E-state index in [1.165, 1.54) is 17.8 Å². The van der Waals surface area contributed by atoms with Crippen LogP contribution in [0.1, 0.15) is 24.9 Å². The van der Waals surface area contributed by atoms with E-state index in [4.69, 9.17) is 21.3 Å². The van der Waals surface area contributed by atoms with Crippen molar-refractivity contribution in [3.63, 3.8) is 0 Å². The zero-order chi connectivity index (χ0) is 23.4. The van der Waals surface area contributed by atoms with Crippen LogP contribution in [0, 0.1) is 5.82 Å². The average molecular weight is 485 g/mol. The molecule has 33 heavy (non-hydrogen) atoms. The fourth-order valence-electron chi connectivity index (χ4n) is 3.58. The summed E-state index contributed by atoms with van der Waals surface area (Å²) in [5.41, 5.74) is 2.41. The number of hydrogen-bond donors (Lipinski definition) is 1.